The number of benzene rings is 1. The van der Waals surface area contributed by atoms with E-state index < -0.39 is 17.6 Å². The topological polar surface area (TPSA) is 79.3 Å². The molecule has 0 saturated carbocycles. The normalized spacial score (nSPS) is 26.6. The maximum atomic E-state index is 13.1. The molecule has 0 unspecified atom stereocenters. The van der Waals surface area contributed by atoms with Crippen LogP contribution in [-0.4, -0.2) is 72.1 Å². The van der Waals surface area contributed by atoms with Crippen molar-refractivity contribution in [2.24, 2.45) is 5.41 Å². The summed E-state index contributed by atoms with van der Waals surface area (Å²) in [6, 6.07) is 10.5. The highest BCUT2D eigenvalue weighted by atomic mass is 19.4. The molecule has 2 atom stereocenters. The average molecular weight is 430 g/mol. The van der Waals surface area contributed by atoms with Crippen LogP contribution in [0, 0.1) is 5.41 Å². The number of piperidine rings is 1. The number of hydroxylamine groups is 2. The molecule has 0 bridgehead atoms. The van der Waals surface area contributed by atoms with E-state index in [0.29, 0.717) is 19.8 Å². The molecule has 166 valence electrons. The zero-order chi connectivity index (χ0) is 21.8. The molecule has 3 aliphatic rings. The lowest BCUT2D eigenvalue weighted by Crippen LogP contribution is -2.57. The molecule has 1 amide bonds. The minimum atomic E-state index is -5.08. The van der Waals surface area contributed by atoms with Crippen LogP contribution in [0.15, 0.2) is 30.3 Å². The zero-order valence-corrected chi connectivity index (χ0v) is 16.4. The van der Waals surface area contributed by atoms with Gasteiger partial charge in [-0.05, 0) is 24.8 Å². The molecule has 4 rings (SSSR count). The highest BCUT2D eigenvalue weighted by Gasteiger charge is 2.55. The van der Waals surface area contributed by atoms with Crippen molar-refractivity contribution in [1.29, 1.82) is 0 Å². The van der Waals surface area contributed by atoms with E-state index in [9.17, 15) is 18.0 Å². The number of amides is 1. The number of halogens is 3. The van der Waals surface area contributed by atoms with Gasteiger partial charge in [0.1, 0.15) is 0 Å². The fraction of sp³-hybridized carbons (Fsp3) is 0.600. The number of rotatable bonds is 3. The quantitative estimate of drug-likeness (QED) is 0.794. The Balaban J connectivity index is 0.000000318. The van der Waals surface area contributed by atoms with Crippen molar-refractivity contribution in [3.8, 4) is 0 Å². The molecule has 3 heterocycles. The van der Waals surface area contributed by atoms with Crippen LogP contribution in [0.5, 0.6) is 0 Å². The fourth-order valence-electron chi connectivity index (χ4n) is 4.17. The smallest absolute Gasteiger partial charge is 0.475 e. The van der Waals surface area contributed by atoms with E-state index in [2.05, 4.69) is 29.2 Å². The molecule has 3 fully saturated rings. The van der Waals surface area contributed by atoms with Crippen LogP contribution in [0.4, 0.5) is 13.2 Å². The summed E-state index contributed by atoms with van der Waals surface area (Å²) >= 11 is 0. The predicted molar refractivity (Wildman–Crippen MR) is 99.1 cm³/mol. The summed E-state index contributed by atoms with van der Waals surface area (Å²) < 4.78 is 37.6. The van der Waals surface area contributed by atoms with Crippen molar-refractivity contribution in [3.63, 3.8) is 0 Å². The van der Waals surface area contributed by atoms with E-state index in [1.54, 1.807) is 5.06 Å². The molecule has 0 radical (unpaired) electrons. The highest BCUT2D eigenvalue weighted by molar-refractivity contribution is 5.83. The molecule has 3 saturated heterocycles. The molecule has 0 aromatic heterocycles. The Hall–Kier alpha value is -2.17. The lowest BCUT2D eigenvalue weighted by Gasteiger charge is -2.43. The first kappa shape index (κ1) is 22.5. The molecule has 1 aromatic carbocycles. The van der Waals surface area contributed by atoms with Crippen LogP contribution in [0.25, 0.3) is 0 Å². The highest BCUT2D eigenvalue weighted by Crippen LogP contribution is 2.43. The summed E-state index contributed by atoms with van der Waals surface area (Å²) in [5.74, 6) is -2.62. The van der Waals surface area contributed by atoms with Gasteiger partial charge in [-0.2, -0.15) is 13.2 Å². The van der Waals surface area contributed by atoms with Gasteiger partial charge >= 0.3 is 12.1 Å². The van der Waals surface area contributed by atoms with Crippen LogP contribution in [0.3, 0.4) is 0 Å². The molecule has 30 heavy (non-hydrogen) atoms. The fourth-order valence-corrected chi connectivity index (χ4v) is 4.17. The maximum Gasteiger partial charge on any atom is 0.490 e. The molecule has 0 spiro atoms. The third-order valence-corrected chi connectivity index (χ3v) is 5.59. The van der Waals surface area contributed by atoms with Gasteiger partial charge in [0.25, 0.3) is 5.91 Å². The Morgan fingerprint density at radius 3 is 2.47 bits per heavy atom. The van der Waals surface area contributed by atoms with Gasteiger partial charge in [-0.3, -0.25) is 14.5 Å². The largest absolute Gasteiger partial charge is 0.490 e. The number of ether oxygens (including phenoxy) is 1. The van der Waals surface area contributed by atoms with Gasteiger partial charge in [-0.1, -0.05) is 30.3 Å². The molecular weight excluding hydrogens is 405 g/mol. The second-order valence-electron chi connectivity index (χ2n) is 7.65. The van der Waals surface area contributed by atoms with Crippen molar-refractivity contribution in [2.75, 3.05) is 32.8 Å². The van der Waals surface area contributed by atoms with E-state index in [1.807, 2.05) is 6.07 Å². The first-order valence-corrected chi connectivity index (χ1v) is 9.85. The number of fused-ring (bicyclic) bond motifs is 1. The van der Waals surface area contributed by atoms with Gasteiger partial charge in [-0.25, -0.2) is 9.86 Å². The molecule has 1 N–H and O–H groups in total. The van der Waals surface area contributed by atoms with Gasteiger partial charge < -0.3 is 9.84 Å². The number of hydrogen-bond acceptors (Lipinski definition) is 5. The summed E-state index contributed by atoms with van der Waals surface area (Å²) in [6.07, 6.45) is -2.37. The summed E-state index contributed by atoms with van der Waals surface area (Å²) in [6.45, 7) is 4.70. The van der Waals surface area contributed by atoms with Crippen molar-refractivity contribution < 1.29 is 37.4 Å². The summed E-state index contributed by atoms with van der Waals surface area (Å²) in [4.78, 5) is 29.9. The molecular formula is C20H25F3N2O5. The van der Waals surface area contributed by atoms with E-state index in [1.165, 1.54) is 5.56 Å². The number of aliphatic carboxylic acids is 1. The second kappa shape index (κ2) is 9.32. The summed E-state index contributed by atoms with van der Waals surface area (Å²) in [5, 5.41) is 8.72. The van der Waals surface area contributed by atoms with E-state index >= 15 is 0 Å². The number of nitrogens with zero attached hydrogens (tertiary/aromatic N) is 2. The molecule has 3 aliphatic heterocycles. The lowest BCUT2D eigenvalue weighted by atomic mass is 9.75. The number of alkyl halides is 3. The minimum Gasteiger partial charge on any atom is -0.475 e. The van der Waals surface area contributed by atoms with E-state index in [-0.39, 0.29) is 12.0 Å². The predicted octanol–water partition coefficient (Wildman–Crippen LogP) is 2.46. The Labute approximate surface area is 172 Å². The first-order chi connectivity index (χ1) is 14.2. The average Bonchev–Trinajstić information content (AvgIpc) is 3.38. The SMILES string of the molecule is O=C(N1CCCO1)[C@@]12CCO[C@@H]1CCN(Cc1ccccc1)C2.O=C(O)C(F)(F)F. The molecule has 0 aliphatic carbocycles. The van der Waals surface area contributed by atoms with Gasteiger partial charge in [0, 0.05) is 26.2 Å². The number of carboxylic acids is 1. The first-order valence-electron chi connectivity index (χ1n) is 9.85. The van der Waals surface area contributed by atoms with Crippen LogP contribution in [0.1, 0.15) is 24.8 Å². The number of carboxylic acid groups (broad SMARTS) is 1. The third kappa shape index (κ3) is 5.11. The van der Waals surface area contributed by atoms with E-state index in [0.717, 1.165) is 38.9 Å². The minimum absolute atomic E-state index is 0.0474. The summed E-state index contributed by atoms with van der Waals surface area (Å²) in [7, 11) is 0. The van der Waals surface area contributed by atoms with Crippen LogP contribution >= 0.6 is 0 Å². The van der Waals surface area contributed by atoms with Crippen molar-refractivity contribution in [1.82, 2.24) is 9.96 Å². The van der Waals surface area contributed by atoms with Gasteiger partial charge in [-0.15, -0.1) is 0 Å². The Morgan fingerprint density at radius 2 is 1.87 bits per heavy atom. The molecule has 1 aromatic rings. The number of hydrogen-bond donors (Lipinski definition) is 1. The molecule has 7 nitrogen and oxygen atoms in total. The second-order valence-corrected chi connectivity index (χ2v) is 7.65. The van der Waals surface area contributed by atoms with Gasteiger partial charge in [0.2, 0.25) is 0 Å². The Kier molecular flexibility index (Phi) is 6.99. The number of carbonyl (C=O) groups is 2. The lowest BCUT2D eigenvalue weighted by molar-refractivity contribution is -0.192. The van der Waals surface area contributed by atoms with Crippen molar-refractivity contribution in [3.05, 3.63) is 35.9 Å². The Bertz CT molecular complexity index is 740. The van der Waals surface area contributed by atoms with Crippen LogP contribution in [-0.2, 0) is 25.7 Å². The van der Waals surface area contributed by atoms with Crippen LogP contribution in [0.2, 0.25) is 0 Å². The maximum absolute atomic E-state index is 13.1. The van der Waals surface area contributed by atoms with Crippen molar-refractivity contribution >= 4 is 11.9 Å². The van der Waals surface area contributed by atoms with Crippen LogP contribution < -0.4 is 0 Å². The number of carbonyl (C=O) groups excluding carboxylic acids is 1. The van der Waals surface area contributed by atoms with E-state index in [4.69, 9.17) is 19.5 Å². The van der Waals surface area contributed by atoms with Crippen molar-refractivity contribution in [2.45, 2.75) is 38.1 Å². The standard InChI is InChI=1S/C18H24N2O3.C2HF3O2/c21-17(20-9-4-11-23-20)18-8-12-22-16(18)7-10-19(14-18)13-15-5-2-1-3-6-15;3-2(4,5)1(6)7/h1-3,5-6,16H,4,7-14H2;(H,6,7)/t16-,18-;/m1./s1. The monoisotopic (exact) mass is 430 g/mol. The number of likely N-dealkylation sites (tertiary alicyclic amines) is 1. The third-order valence-electron chi connectivity index (χ3n) is 5.59. The van der Waals surface area contributed by atoms with Gasteiger partial charge in [0.15, 0.2) is 0 Å². The Morgan fingerprint density at radius 1 is 1.17 bits per heavy atom. The summed E-state index contributed by atoms with van der Waals surface area (Å²) in [5.41, 5.74) is 0.877. The molecule has 10 heteroatoms. The zero-order valence-electron chi connectivity index (χ0n) is 16.4. The van der Waals surface area contributed by atoms with Gasteiger partial charge in [0.05, 0.1) is 24.7 Å².